The fourth-order valence-electron chi connectivity index (χ4n) is 14.3. The Bertz CT molecular complexity index is 1480. The Labute approximate surface area is 310 Å². The second-order valence-corrected chi connectivity index (χ2v) is 18.8. The molecule has 8 aliphatic carbocycles. The molecule has 8 rings (SSSR count). The van der Waals surface area contributed by atoms with E-state index in [1.807, 2.05) is 0 Å². The Morgan fingerprint density at radius 3 is 2.10 bits per heavy atom. The van der Waals surface area contributed by atoms with Crippen LogP contribution in [0.4, 0.5) is 0 Å². The number of carbonyl (C=O) groups is 3. The van der Waals surface area contributed by atoms with E-state index >= 15 is 0 Å². The van der Waals surface area contributed by atoms with Crippen molar-refractivity contribution in [1.82, 2.24) is 0 Å². The number of aliphatic hydroxyl groups is 3. The minimum absolute atomic E-state index is 0.00760. The zero-order valence-corrected chi connectivity index (χ0v) is 32.1. The van der Waals surface area contributed by atoms with Gasteiger partial charge in [0.1, 0.15) is 18.5 Å². The lowest BCUT2D eigenvalue weighted by Gasteiger charge is -2.59. The Kier molecular flexibility index (Phi) is 10.3. The molecule has 8 aliphatic rings. The highest BCUT2D eigenvalue weighted by molar-refractivity contribution is 5.69. The van der Waals surface area contributed by atoms with Gasteiger partial charge in [-0.2, -0.15) is 0 Å². The number of aliphatic hydroxyl groups excluding tert-OH is 3. The number of aldehydes is 1. The Balaban J connectivity index is 0.000000164. The maximum atomic E-state index is 12.5. The number of carbonyl (C=O) groups excluding carboxylic acids is 3. The molecule has 15 atom stereocenters. The molecule has 8 heteroatoms. The summed E-state index contributed by atoms with van der Waals surface area (Å²) in [6.45, 7) is 11.4. The summed E-state index contributed by atoms with van der Waals surface area (Å²) >= 11 is 0. The lowest BCUT2D eigenvalue weighted by Crippen LogP contribution is -2.56. The van der Waals surface area contributed by atoms with E-state index in [0.29, 0.717) is 48.3 Å². The summed E-state index contributed by atoms with van der Waals surface area (Å²) in [6, 6.07) is 0. The third kappa shape index (κ3) is 5.91. The number of ether oxygens (including phenoxy) is 2. The molecule has 0 aromatic rings. The lowest BCUT2D eigenvalue weighted by molar-refractivity contribution is -0.157. The van der Waals surface area contributed by atoms with Crippen molar-refractivity contribution in [2.45, 2.75) is 161 Å². The predicted molar refractivity (Wildman–Crippen MR) is 197 cm³/mol. The van der Waals surface area contributed by atoms with Crippen molar-refractivity contribution in [1.29, 1.82) is 0 Å². The summed E-state index contributed by atoms with van der Waals surface area (Å²) in [6.07, 6.45) is 21.3. The van der Waals surface area contributed by atoms with Crippen LogP contribution in [-0.4, -0.2) is 64.1 Å². The maximum Gasteiger partial charge on any atom is 0.302 e. The van der Waals surface area contributed by atoms with Gasteiger partial charge in [0, 0.05) is 31.1 Å². The van der Waals surface area contributed by atoms with Gasteiger partial charge in [0.15, 0.2) is 0 Å². The molecule has 0 radical (unpaired) electrons. The van der Waals surface area contributed by atoms with Gasteiger partial charge in [-0.3, -0.25) is 9.59 Å². The number of rotatable bonds is 5. The quantitative estimate of drug-likeness (QED) is 0.155. The van der Waals surface area contributed by atoms with Gasteiger partial charge in [0.05, 0.1) is 23.7 Å². The molecule has 0 heterocycles. The maximum absolute atomic E-state index is 12.5. The summed E-state index contributed by atoms with van der Waals surface area (Å²) < 4.78 is 11.2. The van der Waals surface area contributed by atoms with Crippen molar-refractivity contribution >= 4 is 18.2 Å². The van der Waals surface area contributed by atoms with Crippen LogP contribution in [0.2, 0.25) is 0 Å². The van der Waals surface area contributed by atoms with Crippen LogP contribution < -0.4 is 0 Å². The van der Waals surface area contributed by atoms with Gasteiger partial charge >= 0.3 is 11.9 Å². The molecule has 3 N–H and O–H groups in total. The average molecular weight is 721 g/mol. The molecule has 0 bridgehead atoms. The molecular weight excluding hydrogens is 656 g/mol. The molecule has 8 nitrogen and oxygen atoms in total. The average Bonchev–Trinajstić information content (AvgIpc) is 3.61. The second kappa shape index (κ2) is 14.1. The van der Waals surface area contributed by atoms with Crippen LogP contribution in [0.1, 0.15) is 130 Å². The van der Waals surface area contributed by atoms with Crippen molar-refractivity contribution in [2.75, 3.05) is 0 Å². The van der Waals surface area contributed by atoms with Crippen LogP contribution in [-0.2, 0) is 23.9 Å². The largest absolute Gasteiger partial charge is 0.462 e. The van der Waals surface area contributed by atoms with E-state index in [4.69, 9.17) is 9.47 Å². The fraction of sp³-hybridized carbons (Fsp3) is 0.795. The Morgan fingerprint density at radius 1 is 0.769 bits per heavy atom. The van der Waals surface area contributed by atoms with Gasteiger partial charge in [0.2, 0.25) is 0 Å². The summed E-state index contributed by atoms with van der Waals surface area (Å²) in [5.74, 6) is 2.47. The molecule has 0 aliphatic heterocycles. The van der Waals surface area contributed by atoms with Crippen LogP contribution in [0.5, 0.6) is 0 Å². The number of allylic oxidation sites excluding steroid dienone is 2. The first-order chi connectivity index (χ1) is 24.7. The first-order valence-electron chi connectivity index (χ1n) is 20.6. The smallest absolute Gasteiger partial charge is 0.302 e. The highest BCUT2D eigenvalue weighted by Gasteiger charge is 2.62. The molecule has 0 spiro atoms. The number of hydrogen-bond acceptors (Lipinski definition) is 8. The molecule has 7 unspecified atom stereocenters. The first-order valence-corrected chi connectivity index (χ1v) is 20.6. The normalized spacial score (nSPS) is 47.8. The zero-order chi connectivity index (χ0) is 37.2. The van der Waals surface area contributed by atoms with E-state index in [-0.39, 0.29) is 58.0 Å². The summed E-state index contributed by atoms with van der Waals surface area (Å²) in [4.78, 5) is 35.4. The standard InChI is InChI=1S/C23H32O5.C21H32O3/c1-14(25)27-17-8-11-23(13-24)16(12-17)4-5-18-19-6-7-21(28-15(2)26)22(19,3)10-9-20(18)23;1-3-18(23)21-11-8-14(22)12-13(21)4-5-15-16-6-7-19(24)20(16,2)10-9-17(15)21/h4,13,17-21H,5-12H2,1-3H3;3-4,14-19,22-24H,1,5-12H2,2H3/t17-,18?,19?,20?,21-,22-,23+;14-,15?,16?,17?,18?,19-,20-,21+/m00/s1. The molecule has 6 fully saturated rings. The Morgan fingerprint density at radius 2 is 1.40 bits per heavy atom. The number of esters is 2. The summed E-state index contributed by atoms with van der Waals surface area (Å²) in [7, 11) is 0. The zero-order valence-electron chi connectivity index (χ0n) is 32.1. The van der Waals surface area contributed by atoms with Crippen molar-refractivity contribution < 1.29 is 39.2 Å². The highest BCUT2D eigenvalue weighted by Crippen LogP contribution is 2.67. The van der Waals surface area contributed by atoms with Gasteiger partial charge in [0.25, 0.3) is 0 Å². The topological polar surface area (TPSA) is 130 Å². The van der Waals surface area contributed by atoms with Crippen LogP contribution >= 0.6 is 0 Å². The van der Waals surface area contributed by atoms with Crippen LogP contribution in [0, 0.1) is 57.2 Å². The fourth-order valence-corrected chi connectivity index (χ4v) is 14.3. The number of hydrogen-bond donors (Lipinski definition) is 3. The van der Waals surface area contributed by atoms with Gasteiger partial charge in [-0.05, 0) is 137 Å². The van der Waals surface area contributed by atoms with Gasteiger partial charge in [-0.25, -0.2) is 0 Å². The van der Waals surface area contributed by atoms with Crippen molar-refractivity contribution in [3.63, 3.8) is 0 Å². The van der Waals surface area contributed by atoms with E-state index in [1.165, 1.54) is 31.3 Å². The lowest BCUT2D eigenvalue weighted by atomic mass is 9.46. The van der Waals surface area contributed by atoms with Crippen LogP contribution in [0.15, 0.2) is 36.0 Å². The molecule has 6 saturated carbocycles. The first kappa shape index (κ1) is 38.0. The SMILES string of the molecule is C=CC(O)[C@]12CC[C@H](O)CC1=CCC1C2CC[C@@]2(C)C1CC[C@@H]2O.CC(=O)O[C@H]1CC[C@@]2(C=O)C(=CCC3C2CC[C@@]2(C)C3CC[C@@H]2OC(C)=O)C1. The van der Waals surface area contributed by atoms with Crippen molar-refractivity contribution in [3.8, 4) is 0 Å². The Hall–Kier alpha value is -2.29. The minimum Gasteiger partial charge on any atom is -0.462 e. The van der Waals surface area contributed by atoms with Crippen molar-refractivity contribution in [2.24, 2.45) is 57.2 Å². The molecule has 0 saturated heterocycles. The molecule has 288 valence electrons. The van der Waals surface area contributed by atoms with Gasteiger partial charge < -0.3 is 29.6 Å². The van der Waals surface area contributed by atoms with Crippen LogP contribution in [0.3, 0.4) is 0 Å². The molecule has 0 amide bonds. The molecule has 0 aromatic carbocycles. The summed E-state index contributed by atoms with van der Waals surface area (Å²) in [5.41, 5.74) is 1.94. The molecule has 52 heavy (non-hydrogen) atoms. The van der Waals surface area contributed by atoms with Crippen LogP contribution in [0.25, 0.3) is 0 Å². The number of fused-ring (bicyclic) bond motifs is 10. The van der Waals surface area contributed by atoms with E-state index in [1.54, 1.807) is 6.08 Å². The second-order valence-electron chi connectivity index (χ2n) is 18.8. The minimum atomic E-state index is -0.528. The van der Waals surface area contributed by atoms with E-state index in [0.717, 1.165) is 89.9 Å². The van der Waals surface area contributed by atoms with E-state index in [9.17, 15) is 29.7 Å². The highest BCUT2D eigenvalue weighted by atomic mass is 16.5. The monoisotopic (exact) mass is 720 g/mol. The van der Waals surface area contributed by atoms with Gasteiger partial charge in [-0.15, -0.1) is 6.58 Å². The third-order valence-electron chi connectivity index (χ3n) is 16.8. The van der Waals surface area contributed by atoms with Crippen molar-refractivity contribution in [3.05, 3.63) is 36.0 Å². The predicted octanol–water partition coefficient (Wildman–Crippen LogP) is 7.19. The van der Waals surface area contributed by atoms with E-state index < -0.39 is 6.10 Å². The molecule has 0 aromatic heterocycles. The summed E-state index contributed by atoms with van der Waals surface area (Å²) in [5, 5.41) is 31.7. The van der Waals surface area contributed by atoms with E-state index in [2.05, 4.69) is 32.6 Å². The third-order valence-corrected chi connectivity index (χ3v) is 16.8. The van der Waals surface area contributed by atoms with Gasteiger partial charge in [-0.1, -0.05) is 43.2 Å². The molecular formula is C44H64O8.